The van der Waals surface area contributed by atoms with Gasteiger partial charge in [0.1, 0.15) is 0 Å². The van der Waals surface area contributed by atoms with E-state index < -0.39 is 5.91 Å². The van der Waals surface area contributed by atoms with E-state index in [0.717, 1.165) is 40.9 Å². The van der Waals surface area contributed by atoms with Crippen LogP contribution in [0.15, 0.2) is 48.5 Å². The number of hydrogen-bond acceptors (Lipinski definition) is 4. The van der Waals surface area contributed by atoms with Crippen molar-refractivity contribution in [1.82, 2.24) is 15.8 Å². The third-order valence-electron chi connectivity index (χ3n) is 5.15. The Morgan fingerprint density at radius 1 is 1.00 bits per heavy atom. The van der Waals surface area contributed by atoms with Crippen molar-refractivity contribution < 1.29 is 9.59 Å². The predicted molar refractivity (Wildman–Crippen MR) is 111 cm³/mol. The quantitative estimate of drug-likeness (QED) is 0.612. The minimum absolute atomic E-state index is 0.0726. The number of para-hydroxylation sites is 1. The van der Waals surface area contributed by atoms with Gasteiger partial charge in [-0.25, -0.2) is 4.98 Å². The number of nitrogens with one attached hydrogen (secondary N) is 2. The average Bonchev–Trinajstić information content (AvgIpc) is 3.16. The van der Waals surface area contributed by atoms with Crippen LogP contribution < -0.4 is 10.9 Å². The van der Waals surface area contributed by atoms with Gasteiger partial charge in [-0.15, -0.1) is 11.3 Å². The van der Waals surface area contributed by atoms with Crippen LogP contribution in [0.25, 0.3) is 10.2 Å². The van der Waals surface area contributed by atoms with E-state index in [4.69, 9.17) is 16.6 Å². The molecule has 0 aliphatic heterocycles. The Morgan fingerprint density at radius 3 is 2.57 bits per heavy atom. The first-order valence-corrected chi connectivity index (χ1v) is 10.5. The summed E-state index contributed by atoms with van der Waals surface area (Å²) in [5.74, 6) is -0.736. The topological polar surface area (TPSA) is 71.1 Å². The molecule has 7 heteroatoms. The molecule has 1 heterocycles. The summed E-state index contributed by atoms with van der Waals surface area (Å²) in [5, 5.41) is 1.35. The lowest BCUT2D eigenvalue weighted by Gasteiger charge is -2.29. The minimum Gasteiger partial charge on any atom is -0.273 e. The number of carbonyl (C=O) groups excluding carboxylic acids is 2. The van der Waals surface area contributed by atoms with Gasteiger partial charge in [0.05, 0.1) is 25.8 Å². The number of amides is 2. The van der Waals surface area contributed by atoms with Gasteiger partial charge in [0.2, 0.25) is 5.91 Å². The van der Waals surface area contributed by atoms with Gasteiger partial charge < -0.3 is 0 Å². The van der Waals surface area contributed by atoms with Crippen molar-refractivity contribution in [3.8, 4) is 0 Å². The van der Waals surface area contributed by atoms with Crippen molar-refractivity contribution in [2.24, 2.45) is 5.92 Å². The highest BCUT2D eigenvalue weighted by molar-refractivity contribution is 7.18. The van der Waals surface area contributed by atoms with Crippen LogP contribution in [-0.4, -0.2) is 16.8 Å². The van der Waals surface area contributed by atoms with E-state index in [9.17, 15) is 9.59 Å². The fraction of sp³-hybridized carbons (Fsp3) is 0.286. The van der Waals surface area contributed by atoms with E-state index in [1.807, 2.05) is 18.2 Å². The molecule has 1 aliphatic rings. The molecule has 1 saturated carbocycles. The van der Waals surface area contributed by atoms with Crippen molar-refractivity contribution in [2.75, 3.05) is 0 Å². The van der Waals surface area contributed by atoms with Gasteiger partial charge in [0.25, 0.3) is 5.91 Å². The molecule has 1 fully saturated rings. The van der Waals surface area contributed by atoms with Gasteiger partial charge in [0, 0.05) is 11.8 Å². The van der Waals surface area contributed by atoms with Crippen LogP contribution in [0.1, 0.15) is 47.0 Å². The molecule has 1 aliphatic carbocycles. The van der Waals surface area contributed by atoms with Crippen LogP contribution in [0.4, 0.5) is 0 Å². The maximum absolute atomic E-state index is 12.8. The smallest absolute Gasteiger partial charge is 0.271 e. The molecular weight excluding hydrogens is 394 g/mol. The number of benzene rings is 2. The first-order valence-electron chi connectivity index (χ1n) is 9.33. The summed E-state index contributed by atoms with van der Waals surface area (Å²) < 4.78 is 1.13. The van der Waals surface area contributed by atoms with Gasteiger partial charge in [-0.1, -0.05) is 48.7 Å². The molecule has 5 nitrogen and oxygen atoms in total. The van der Waals surface area contributed by atoms with E-state index in [0.29, 0.717) is 10.6 Å². The van der Waals surface area contributed by atoms with Crippen LogP contribution in [0.3, 0.4) is 0 Å². The van der Waals surface area contributed by atoms with E-state index in [-0.39, 0.29) is 17.7 Å². The Morgan fingerprint density at radius 2 is 1.75 bits per heavy atom. The molecule has 0 radical (unpaired) electrons. The summed E-state index contributed by atoms with van der Waals surface area (Å²) >= 11 is 7.70. The Bertz CT molecular complexity index is 987. The van der Waals surface area contributed by atoms with Crippen molar-refractivity contribution in [2.45, 2.75) is 31.6 Å². The number of fused-ring (bicyclic) bond motifs is 1. The highest BCUT2D eigenvalue weighted by Crippen LogP contribution is 2.40. The maximum Gasteiger partial charge on any atom is 0.271 e. The number of hydrogen-bond donors (Lipinski definition) is 2. The molecular formula is C21H20ClN3O2S. The molecule has 2 aromatic carbocycles. The van der Waals surface area contributed by atoms with Crippen LogP contribution >= 0.6 is 22.9 Å². The first kappa shape index (κ1) is 18.9. The summed E-state index contributed by atoms with van der Waals surface area (Å²) in [4.78, 5) is 29.9. The Kier molecular flexibility index (Phi) is 5.59. The highest BCUT2D eigenvalue weighted by Gasteiger charge is 2.34. The second kappa shape index (κ2) is 8.29. The minimum atomic E-state index is -0.425. The van der Waals surface area contributed by atoms with Crippen molar-refractivity contribution in [3.05, 3.63) is 64.1 Å². The number of aromatic nitrogens is 1. The van der Waals surface area contributed by atoms with Crippen LogP contribution in [-0.2, 0) is 4.79 Å². The van der Waals surface area contributed by atoms with Crippen molar-refractivity contribution in [3.63, 3.8) is 0 Å². The van der Waals surface area contributed by atoms with E-state index in [1.165, 1.54) is 0 Å². The SMILES string of the molecule is O=C(NNC(=O)C1CCCCC1c1nc2ccccc2s1)c1ccccc1Cl. The zero-order valence-electron chi connectivity index (χ0n) is 15.2. The molecule has 4 rings (SSSR count). The Hall–Kier alpha value is -2.44. The monoisotopic (exact) mass is 413 g/mol. The lowest BCUT2D eigenvalue weighted by Crippen LogP contribution is -2.46. The predicted octanol–water partition coefficient (Wildman–Crippen LogP) is 4.68. The Labute approximate surface area is 172 Å². The number of carbonyl (C=O) groups is 2. The van der Waals surface area contributed by atoms with Gasteiger partial charge in [-0.05, 0) is 37.1 Å². The zero-order valence-corrected chi connectivity index (χ0v) is 16.7. The molecule has 28 heavy (non-hydrogen) atoms. The molecule has 1 aromatic heterocycles. The molecule has 2 N–H and O–H groups in total. The second-order valence-corrected chi connectivity index (χ2v) is 8.41. The largest absolute Gasteiger partial charge is 0.273 e. The van der Waals surface area contributed by atoms with Crippen molar-refractivity contribution >= 4 is 45.0 Å². The molecule has 2 unspecified atom stereocenters. The molecule has 3 aromatic rings. The van der Waals surface area contributed by atoms with Gasteiger partial charge in [-0.2, -0.15) is 0 Å². The number of halogens is 1. The average molecular weight is 414 g/mol. The molecule has 2 atom stereocenters. The van der Waals surface area contributed by atoms with Gasteiger partial charge in [0.15, 0.2) is 0 Å². The second-order valence-electron chi connectivity index (χ2n) is 6.94. The van der Waals surface area contributed by atoms with Crippen LogP contribution in [0.5, 0.6) is 0 Å². The third kappa shape index (κ3) is 3.88. The fourth-order valence-corrected chi connectivity index (χ4v) is 5.10. The number of thiazole rings is 1. The van der Waals surface area contributed by atoms with Gasteiger partial charge >= 0.3 is 0 Å². The van der Waals surface area contributed by atoms with E-state index in [2.05, 4.69) is 16.9 Å². The zero-order chi connectivity index (χ0) is 19.5. The first-order chi connectivity index (χ1) is 13.6. The van der Waals surface area contributed by atoms with Crippen LogP contribution in [0.2, 0.25) is 5.02 Å². The molecule has 144 valence electrons. The molecule has 2 amide bonds. The lowest BCUT2D eigenvalue weighted by molar-refractivity contribution is -0.127. The van der Waals surface area contributed by atoms with Crippen LogP contribution in [0, 0.1) is 5.92 Å². The normalized spacial score (nSPS) is 19.3. The number of nitrogens with zero attached hydrogens (tertiary/aromatic N) is 1. The maximum atomic E-state index is 12.8. The molecule has 0 spiro atoms. The van der Waals surface area contributed by atoms with Crippen molar-refractivity contribution in [1.29, 1.82) is 0 Å². The Balaban J connectivity index is 1.47. The summed E-state index contributed by atoms with van der Waals surface area (Å²) in [7, 11) is 0. The summed E-state index contributed by atoms with van der Waals surface area (Å²) in [5.41, 5.74) is 6.39. The lowest BCUT2D eigenvalue weighted by atomic mass is 9.79. The standard InChI is InChI=1S/C21H20ClN3O2S/c22-16-10-4-3-9-15(16)20(27)25-24-19(26)13-7-1-2-8-14(13)21-23-17-11-5-6-12-18(17)28-21/h3-6,9-14H,1-2,7-8H2,(H,24,26)(H,25,27). The highest BCUT2D eigenvalue weighted by atomic mass is 35.5. The third-order valence-corrected chi connectivity index (χ3v) is 6.65. The summed E-state index contributed by atoms with van der Waals surface area (Å²) in [6, 6.07) is 14.8. The number of hydrazine groups is 1. The molecule has 0 bridgehead atoms. The fourth-order valence-electron chi connectivity index (χ4n) is 3.71. The van der Waals surface area contributed by atoms with Gasteiger partial charge in [-0.3, -0.25) is 20.4 Å². The van der Waals surface area contributed by atoms with E-state index in [1.54, 1.807) is 35.6 Å². The summed E-state index contributed by atoms with van der Waals surface area (Å²) in [6.45, 7) is 0. The number of rotatable bonds is 3. The summed E-state index contributed by atoms with van der Waals surface area (Å²) in [6.07, 6.45) is 3.79. The van der Waals surface area contributed by atoms with E-state index >= 15 is 0 Å². The molecule has 0 saturated heterocycles.